The molecule has 0 aromatic heterocycles. The zero-order valence-corrected chi connectivity index (χ0v) is 21.3. The molecule has 0 amide bonds. The van der Waals surface area contributed by atoms with E-state index in [1.54, 1.807) is 20.8 Å². The number of rotatable bonds is 5. The monoisotopic (exact) mass is 478 g/mol. The predicted octanol–water partition coefficient (Wildman–Crippen LogP) is 3.30. The number of aliphatic carboxylic acids is 1. The number of carbonyl (C=O) groups is 4. The maximum atomic E-state index is 13.8. The van der Waals surface area contributed by atoms with Gasteiger partial charge in [-0.15, -0.1) is 0 Å². The summed E-state index contributed by atoms with van der Waals surface area (Å²) in [6.07, 6.45) is 1.72. The zero-order valence-electron chi connectivity index (χ0n) is 21.3. The average molecular weight is 479 g/mol. The minimum atomic E-state index is -2.06. The average Bonchev–Trinajstić information content (AvgIpc) is 2.71. The molecule has 0 bridgehead atoms. The molecule has 190 valence electrons. The normalized spacial score (nSPS) is 42.4. The highest BCUT2D eigenvalue weighted by Gasteiger charge is 2.73. The van der Waals surface area contributed by atoms with Gasteiger partial charge in [-0.2, -0.15) is 0 Å². The number of aliphatic hydroxyl groups is 1. The van der Waals surface area contributed by atoms with Gasteiger partial charge in [-0.05, 0) is 76.0 Å². The topological polar surface area (TPSA) is 127 Å². The number of hydrogen-bond acceptors (Lipinski definition) is 7. The summed E-state index contributed by atoms with van der Waals surface area (Å²) in [7, 11) is 1.14. The molecule has 34 heavy (non-hydrogen) atoms. The van der Waals surface area contributed by atoms with Gasteiger partial charge in [-0.1, -0.05) is 26.0 Å². The number of fused-ring (bicyclic) bond motifs is 3. The van der Waals surface area contributed by atoms with Crippen molar-refractivity contribution in [1.82, 2.24) is 0 Å². The van der Waals surface area contributed by atoms with Crippen LogP contribution in [-0.2, 0) is 28.7 Å². The van der Waals surface area contributed by atoms with E-state index in [-0.39, 0.29) is 18.3 Å². The van der Waals surface area contributed by atoms with Crippen molar-refractivity contribution in [2.24, 2.45) is 34.0 Å². The summed E-state index contributed by atoms with van der Waals surface area (Å²) in [6, 6.07) is 0. The standard InChI is InChI=1S/C26H38O8/c1-14-13-16-23(4,12-10-17(27)28)15(22(2,3)32)9-11-24(16,5)18-19(29)34-26(7,21(31)33-8)20(30)25(14,18)6/h15-16,18,32H,1,9-13H2,2-8H3,(H,27,28)/t15-,16-,18+,23+,24+,25+,26+/m0/s1. The van der Waals surface area contributed by atoms with Crippen LogP contribution in [0.5, 0.6) is 0 Å². The first-order valence-corrected chi connectivity index (χ1v) is 11.9. The lowest BCUT2D eigenvalue weighted by Crippen LogP contribution is -2.71. The molecule has 1 heterocycles. The van der Waals surface area contributed by atoms with Gasteiger partial charge in [0.05, 0.1) is 24.0 Å². The van der Waals surface area contributed by atoms with Crippen molar-refractivity contribution in [3.8, 4) is 0 Å². The molecule has 3 fully saturated rings. The van der Waals surface area contributed by atoms with Crippen LogP contribution >= 0.6 is 0 Å². The summed E-state index contributed by atoms with van der Waals surface area (Å²) in [5.74, 6) is -4.37. The van der Waals surface area contributed by atoms with Gasteiger partial charge >= 0.3 is 17.9 Å². The van der Waals surface area contributed by atoms with Crippen LogP contribution in [0.4, 0.5) is 0 Å². The number of cyclic esters (lactones) is 1. The lowest BCUT2D eigenvalue weighted by Gasteiger charge is -2.66. The van der Waals surface area contributed by atoms with Crippen molar-refractivity contribution in [2.75, 3.05) is 7.11 Å². The van der Waals surface area contributed by atoms with Crippen molar-refractivity contribution in [2.45, 2.75) is 84.8 Å². The van der Waals surface area contributed by atoms with E-state index >= 15 is 0 Å². The molecule has 2 saturated carbocycles. The van der Waals surface area contributed by atoms with Gasteiger partial charge in [0.1, 0.15) is 0 Å². The van der Waals surface area contributed by atoms with Crippen molar-refractivity contribution in [1.29, 1.82) is 0 Å². The maximum absolute atomic E-state index is 13.8. The molecule has 0 unspecified atom stereocenters. The Bertz CT molecular complexity index is 947. The van der Waals surface area contributed by atoms with Crippen LogP contribution in [0, 0.1) is 34.0 Å². The van der Waals surface area contributed by atoms with Crippen LogP contribution in [0.3, 0.4) is 0 Å². The van der Waals surface area contributed by atoms with Gasteiger partial charge in [-0.3, -0.25) is 14.4 Å². The molecule has 8 nitrogen and oxygen atoms in total. The summed E-state index contributed by atoms with van der Waals surface area (Å²) in [5.41, 5.74) is -5.30. The summed E-state index contributed by atoms with van der Waals surface area (Å²) in [6.45, 7) is 14.6. The Hall–Kier alpha value is -2.22. The van der Waals surface area contributed by atoms with Crippen molar-refractivity contribution in [3.05, 3.63) is 12.2 Å². The summed E-state index contributed by atoms with van der Waals surface area (Å²) >= 11 is 0. The Balaban J connectivity index is 2.17. The molecule has 2 aliphatic carbocycles. The van der Waals surface area contributed by atoms with Gasteiger partial charge in [0, 0.05) is 6.42 Å². The van der Waals surface area contributed by atoms with Crippen LogP contribution in [0.2, 0.25) is 0 Å². The number of ether oxygens (including phenoxy) is 2. The van der Waals surface area contributed by atoms with E-state index in [1.807, 2.05) is 13.8 Å². The van der Waals surface area contributed by atoms with E-state index in [0.29, 0.717) is 31.3 Å². The number of hydrogen-bond donors (Lipinski definition) is 2. The summed E-state index contributed by atoms with van der Waals surface area (Å²) < 4.78 is 10.3. The fourth-order valence-corrected chi connectivity index (χ4v) is 7.90. The first-order chi connectivity index (χ1) is 15.4. The molecule has 3 rings (SSSR count). The van der Waals surface area contributed by atoms with E-state index < -0.39 is 57.1 Å². The minimum absolute atomic E-state index is 0.0755. The number of carboxylic acid groups (broad SMARTS) is 1. The highest BCUT2D eigenvalue weighted by Crippen LogP contribution is 2.70. The van der Waals surface area contributed by atoms with Crippen LogP contribution < -0.4 is 0 Å². The van der Waals surface area contributed by atoms with Crippen molar-refractivity contribution < 1.29 is 38.9 Å². The Labute approximate surface area is 201 Å². The van der Waals surface area contributed by atoms with Gasteiger partial charge < -0.3 is 19.7 Å². The summed E-state index contributed by atoms with van der Waals surface area (Å²) in [4.78, 5) is 51.5. The molecule has 8 heteroatoms. The van der Waals surface area contributed by atoms with Gasteiger partial charge in [0.25, 0.3) is 5.60 Å². The number of carboxylic acids is 1. The number of carbonyl (C=O) groups excluding carboxylic acids is 3. The Kier molecular flexibility index (Phi) is 6.13. The predicted molar refractivity (Wildman–Crippen MR) is 122 cm³/mol. The molecule has 3 aliphatic rings. The molecular formula is C26H38O8. The Morgan fingerprint density at radius 3 is 2.29 bits per heavy atom. The van der Waals surface area contributed by atoms with E-state index in [4.69, 9.17) is 9.47 Å². The molecule has 0 spiro atoms. The van der Waals surface area contributed by atoms with Gasteiger partial charge in [0.15, 0.2) is 5.78 Å². The van der Waals surface area contributed by atoms with Crippen LogP contribution in [-0.4, -0.2) is 52.2 Å². The first-order valence-electron chi connectivity index (χ1n) is 11.9. The third kappa shape index (κ3) is 3.43. The summed E-state index contributed by atoms with van der Waals surface area (Å²) in [5, 5.41) is 20.5. The van der Waals surface area contributed by atoms with Crippen molar-refractivity contribution in [3.63, 3.8) is 0 Å². The third-order valence-electron chi connectivity index (χ3n) is 9.53. The molecular weight excluding hydrogens is 440 g/mol. The van der Waals surface area contributed by atoms with Gasteiger partial charge in [-0.25, -0.2) is 4.79 Å². The third-order valence-corrected chi connectivity index (χ3v) is 9.53. The second-order valence-corrected chi connectivity index (χ2v) is 11.9. The van der Waals surface area contributed by atoms with E-state index in [9.17, 15) is 29.4 Å². The van der Waals surface area contributed by atoms with E-state index in [2.05, 4.69) is 6.58 Å². The largest absolute Gasteiger partial charge is 0.481 e. The number of allylic oxidation sites excluding steroid dienone is 1. The molecule has 2 N–H and O–H groups in total. The number of esters is 2. The SMILES string of the molecule is C=C1C[C@H]2[C@](C)(CCC(=O)O)[C@H](C(C)(C)O)CC[C@@]2(C)[C@H]2C(=O)O[C@@](C)(C(=O)OC)C(=O)[C@]12C. The van der Waals surface area contributed by atoms with Gasteiger partial charge in [0.2, 0.25) is 0 Å². The van der Waals surface area contributed by atoms with E-state index in [0.717, 1.165) is 7.11 Å². The van der Waals surface area contributed by atoms with Crippen molar-refractivity contribution >= 4 is 23.7 Å². The molecule has 0 radical (unpaired) electrons. The van der Waals surface area contributed by atoms with Crippen LogP contribution in [0.1, 0.15) is 73.6 Å². The van der Waals surface area contributed by atoms with E-state index in [1.165, 1.54) is 6.92 Å². The number of Topliss-reactive ketones (excluding diaryl/α,β-unsaturated/α-hetero) is 1. The fourth-order valence-electron chi connectivity index (χ4n) is 7.90. The molecule has 0 aromatic rings. The van der Waals surface area contributed by atoms with Crippen LogP contribution in [0.25, 0.3) is 0 Å². The molecule has 1 aliphatic heterocycles. The lowest BCUT2D eigenvalue weighted by molar-refractivity contribution is -0.225. The van der Waals surface area contributed by atoms with Crippen LogP contribution in [0.15, 0.2) is 12.2 Å². The molecule has 0 aromatic carbocycles. The highest BCUT2D eigenvalue weighted by molar-refractivity contribution is 6.15. The maximum Gasteiger partial charge on any atom is 0.358 e. The molecule has 7 atom stereocenters. The Morgan fingerprint density at radius 1 is 1.21 bits per heavy atom. The number of methoxy groups -OCH3 is 1. The number of ketones is 1. The second kappa shape index (κ2) is 7.90. The zero-order chi connectivity index (χ0) is 26.1. The smallest absolute Gasteiger partial charge is 0.358 e. The highest BCUT2D eigenvalue weighted by atomic mass is 16.6. The Morgan fingerprint density at radius 2 is 1.79 bits per heavy atom. The quantitative estimate of drug-likeness (QED) is 0.350. The molecule has 1 saturated heterocycles. The lowest BCUT2D eigenvalue weighted by atomic mass is 9.37. The first kappa shape index (κ1) is 26.4. The second-order valence-electron chi connectivity index (χ2n) is 11.9. The fraction of sp³-hybridized carbons (Fsp3) is 0.769. The minimum Gasteiger partial charge on any atom is -0.481 e.